The van der Waals surface area contributed by atoms with Crippen LogP contribution in [0, 0.1) is 33.4 Å². The van der Waals surface area contributed by atoms with Crippen LogP contribution in [-0.2, 0) is 18.8 Å². The molecule has 2 aromatic carbocycles. The minimum Gasteiger partial charge on any atom is -0.494 e. The number of furan rings is 4. The van der Waals surface area contributed by atoms with Gasteiger partial charge in [-0.3, -0.25) is 34.3 Å². The maximum Gasteiger partial charge on any atom is 0.526 e. The van der Waals surface area contributed by atoms with Crippen LogP contribution in [0.4, 0.5) is 0 Å². The lowest BCUT2D eigenvalue weighted by Gasteiger charge is -2.32. The van der Waals surface area contributed by atoms with E-state index < -0.39 is 25.4 Å². The Balaban J connectivity index is 0.000000144. The number of ether oxygens (including phenoxy) is 6. The van der Waals surface area contributed by atoms with E-state index in [0.29, 0.717) is 167 Å². The molecule has 38 heteroatoms. The molecular weight excluding hydrogens is 1990 g/mol. The van der Waals surface area contributed by atoms with E-state index in [1.54, 1.807) is 78.9 Å². The maximum atomic E-state index is 12.5. The predicted molar refractivity (Wildman–Crippen MR) is 541 cm³/mol. The van der Waals surface area contributed by atoms with Gasteiger partial charge in [-0.1, -0.05) is 54.4 Å². The van der Waals surface area contributed by atoms with Gasteiger partial charge in [0.2, 0.25) is 0 Å². The molecule has 20 rings (SSSR count). The van der Waals surface area contributed by atoms with Crippen LogP contribution in [0.3, 0.4) is 0 Å². The fourth-order valence-electron chi connectivity index (χ4n) is 15.2. The number of hydrogen-bond acceptors (Lipinski definition) is 26. The smallest absolute Gasteiger partial charge is 0.494 e. The van der Waals surface area contributed by atoms with E-state index in [1.165, 1.54) is 67.8 Å². The largest absolute Gasteiger partial charge is 0.526 e. The number of carbonyl (C=O) groups is 3. The second-order valence-electron chi connectivity index (χ2n) is 35.0. The van der Waals surface area contributed by atoms with Crippen molar-refractivity contribution < 1.29 is 79.8 Å². The zero-order chi connectivity index (χ0) is 97.3. The summed E-state index contributed by atoms with van der Waals surface area (Å²) >= 11 is 24.4. The number of halogens is 5. The van der Waals surface area contributed by atoms with Crippen molar-refractivity contribution in [2.45, 2.75) is 166 Å². The topological polar surface area (TPSA) is 366 Å². The fourth-order valence-corrected chi connectivity index (χ4v) is 17.0. The van der Waals surface area contributed by atoms with Crippen LogP contribution in [0.2, 0.25) is 15.1 Å². The predicted octanol–water partition coefficient (Wildman–Crippen LogP) is 19.3. The average Bonchev–Trinajstić information content (AvgIpc) is 1.60. The standard InChI is InChI=1S/C31H30N4O5.C19H18ClN3O3.C18H24BNO4.C10H9BClNO3.C10H7ClINO.C9H11BrN2O.CH4.BH3P/c1-35(2)31(36)21-13-26(37-3)29(34-16-21)27-14-24-30(40-27)28(23(17-33-24)18-4-5-18)19-6-7-25(20(12-19)15-32)39-22-8-10-38-11-9-22;1-23(2)19(24)11-6-14(25-3)17(22-8-11)15-7-13-18(26-15)16(20)12(9-21-13)10-4-5-10;1-17(2)18(3,4)24-19(23-17)14-5-6-16(13(11-14)12-20)22-15-7-9-21-10-8-15;12-9-6(5-1-2-5)4-13-7-3-8(11(14)15)16-10(7)9;11-9-6(5-1-2-5)4-13-7-3-8(12)14-10(7)9;1-6-4-7(5-11-8(6)10)9(13)12(2)3;;1-2/h6-7,12-14,16-18,22H,4-5,8-11H2,1-3H3;6-10H,4-5H2,1-3H3;5-6,11,15H,7-10H2,1-4H3;3-5,14-15H,1-2H2;3-5H,1-2H2;4-5H,1-3H3;1H4;1H,2H2/i;;;;;;;1D. The number of aryl methyl sites for hydroxylation is 1. The van der Waals surface area contributed by atoms with Crippen molar-refractivity contribution in [2.24, 2.45) is 0 Å². The summed E-state index contributed by atoms with van der Waals surface area (Å²) in [6.07, 6.45) is 24.6. The summed E-state index contributed by atoms with van der Waals surface area (Å²) in [7, 11) is 14.4. The minimum atomic E-state index is -1.63. The Hall–Kier alpha value is -10.3. The second kappa shape index (κ2) is 45.1. The highest BCUT2D eigenvalue weighted by Crippen LogP contribution is 2.51. The Kier molecular flexibility index (Phi) is 33.7. The lowest BCUT2D eigenvalue weighted by atomic mass is 9.78. The molecule has 3 amide bonds. The number of benzene rings is 2. The maximum absolute atomic E-state index is 12.5. The van der Waals surface area contributed by atoms with Crippen molar-refractivity contribution in [2.75, 3.05) is 82.9 Å². The summed E-state index contributed by atoms with van der Waals surface area (Å²) in [5.41, 5.74) is 15.7. The highest BCUT2D eigenvalue weighted by atomic mass is 127. The zero-order valence-corrected chi connectivity index (χ0v) is 84.1. The normalized spacial score (nSPS) is 15.9. The summed E-state index contributed by atoms with van der Waals surface area (Å²) in [5.74, 6) is 4.70. The van der Waals surface area contributed by atoms with Gasteiger partial charge in [-0.15, -0.1) is 0 Å². The number of rotatable bonds is 18. The van der Waals surface area contributed by atoms with Gasteiger partial charge in [-0.2, -0.15) is 19.6 Å². The van der Waals surface area contributed by atoms with Crippen LogP contribution in [-0.4, -0.2) is 207 Å². The molecule has 3 aliphatic heterocycles. The van der Waals surface area contributed by atoms with E-state index in [1.807, 2.05) is 102 Å². The second-order valence-corrected chi connectivity index (χ2v) is 38.0. The Bertz CT molecular complexity index is 6630. The molecule has 0 bridgehead atoms. The third-order valence-corrected chi connectivity index (χ3v) is 26.5. The number of hydrogen-bond donors (Lipinski definition) is 2. The molecule has 136 heavy (non-hydrogen) atoms. The third-order valence-electron chi connectivity index (χ3n) is 24.0. The third kappa shape index (κ3) is 24.2. The zero-order valence-electron chi connectivity index (χ0n) is 77.9. The van der Waals surface area contributed by atoms with E-state index >= 15 is 0 Å². The van der Waals surface area contributed by atoms with E-state index in [0.717, 1.165) is 133 Å². The molecule has 7 fully saturated rings. The quantitative estimate of drug-likeness (QED) is 0.0349. The van der Waals surface area contributed by atoms with Gasteiger partial charge in [0.1, 0.15) is 98.6 Å². The molecule has 2 N–H and O–H groups in total. The molecule has 709 valence electrons. The van der Waals surface area contributed by atoms with Gasteiger partial charge in [-0.25, -0.2) is 15.0 Å². The van der Waals surface area contributed by atoms with E-state index in [4.69, 9.17) is 107 Å². The Morgan fingerprint density at radius 2 is 0.912 bits per heavy atom. The van der Waals surface area contributed by atoms with Gasteiger partial charge in [-0.05, 0) is 231 Å². The number of nitrogens with zero attached hydrogens (tertiary/aromatic N) is 12. The van der Waals surface area contributed by atoms with Gasteiger partial charge in [0.15, 0.2) is 37.6 Å². The van der Waals surface area contributed by atoms with Crippen molar-refractivity contribution in [1.29, 1.82) is 11.9 Å². The van der Waals surface area contributed by atoms with E-state index in [2.05, 4.69) is 89.7 Å². The van der Waals surface area contributed by atoms with Gasteiger partial charge in [0.25, 0.3) is 17.7 Å². The monoisotopic (exact) mass is 2100 g/mol. The number of amides is 3. The van der Waals surface area contributed by atoms with Crippen LogP contribution in [0.15, 0.2) is 145 Å². The molecule has 0 spiro atoms. The number of pyridine rings is 7. The number of nitriles is 2. The first-order valence-corrected chi connectivity index (χ1v) is 47.7. The van der Waals surface area contributed by atoms with Crippen molar-refractivity contribution in [1.82, 2.24) is 49.6 Å². The van der Waals surface area contributed by atoms with Crippen LogP contribution >= 0.6 is 82.4 Å². The number of aromatic nitrogens is 7. The number of fused-ring (bicyclic) bond motifs is 4. The molecule has 1 radical (unpaired) electrons. The minimum absolute atomic E-state index is 0. The Morgan fingerprint density at radius 3 is 1.34 bits per heavy atom. The van der Waals surface area contributed by atoms with Crippen molar-refractivity contribution in [3.05, 3.63) is 201 Å². The summed E-state index contributed by atoms with van der Waals surface area (Å²) in [6.45, 7) is 12.7. The van der Waals surface area contributed by atoms with Gasteiger partial charge < -0.3 is 80.1 Å². The summed E-state index contributed by atoms with van der Waals surface area (Å²) < 4.78 is 76.9. The lowest BCUT2D eigenvalue weighted by molar-refractivity contribution is 0.00578. The molecule has 4 saturated carbocycles. The summed E-state index contributed by atoms with van der Waals surface area (Å²) in [5, 5.41) is 39.4. The van der Waals surface area contributed by atoms with Crippen molar-refractivity contribution in [3.63, 3.8) is 0 Å². The molecule has 13 aromatic rings. The van der Waals surface area contributed by atoms with Crippen LogP contribution < -0.4 is 30.1 Å². The molecule has 4 aliphatic carbocycles. The van der Waals surface area contributed by atoms with Crippen LogP contribution in [0.25, 0.3) is 78.4 Å². The van der Waals surface area contributed by atoms with E-state index in [-0.39, 0.29) is 43.0 Å². The molecule has 7 aliphatic rings. The number of carbonyl (C=O) groups excluding carboxylic acids is 3. The van der Waals surface area contributed by atoms with Crippen molar-refractivity contribution in [3.8, 4) is 69.2 Å². The Labute approximate surface area is 832 Å². The molecule has 1 unspecified atom stereocenters. The van der Waals surface area contributed by atoms with Crippen LogP contribution in [0.1, 0.15) is 206 Å². The van der Waals surface area contributed by atoms with Gasteiger partial charge in [0.05, 0.1) is 94.7 Å². The SMILES string of the molecule is C.CC1(C)OB(c2ccc(OC3CCOCC3)c(C#N)c2)OC1(C)C.COc1cc(C(=O)N(C)C)cnc1-c1cc2ncc(C3CC3)c(-c3ccc(OC4CCOCC4)c(C#N)c3)c2o1.COc1cc(C(=O)N(C)C)cnc1-c1cc2ncc(C3CC3)c(Cl)c2o1.Cc1cc(C(=O)N(C)C)cnc1Br.Clc1c(C2CC2)cnc2cc(I)oc12.OB(O)c1cc2ncc(C3CC3)c(Cl)c2o1.[2H][B]P. The molecule has 11 aromatic heterocycles. The lowest BCUT2D eigenvalue weighted by Crippen LogP contribution is -2.41. The average molecular weight is 2100 g/mol. The molecule has 1 atom stereocenters. The van der Waals surface area contributed by atoms with Crippen molar-refractivity contribution >= 4 is 177 Å². The first-order valence-electron chi connectivity index (χ1n) is 44.6. The first kappa shape index (κ1) is 102. The van der Waals surface area contributed by atoms with Gasteiger partial charge in [0, 0.05) is 141 Å². The fraction of sp³-hybridized carbons (Fsp3) is 0.388. The molecule has 3 saturated heterocycles. The highest BCUT2D eigenvalue weighted by Gasteiger charge is 2.52. The number of methoxy groups -OCH3 is 2. The first-order chi connectivity index (χ1) is 65.1. The van der Waals surface area contributed by atoms with E-state index in [9.17, 15) is 24.9 Å². The molecule has 29 nitrogen and oxygen atoms in total. The summed E-state index contributed by atoms with van der Waals surface area (Å²) in [6, 6.07) is 28.0. The molecule has 14 heterocycles. The molecular formula is C98H106B3BrCl3IN12O17P. The Morgan fingerprint density at radius 1 is 0.529 bits per heavy atom. The highest BCUT2D eigenvalue weighted by molar-refractivity contribution is 14.1. The van der Waals surface area contributed by atoms with Crippen LogP contribution in [0.5, 0.6) is 23.0 Å². The summed E-state index contributed by atoms with van der Waals surface area (Å²) in [4.78, 5) is 71.3. The van der Waals surface area contributed by atoms with Gasteiger partial charge >= 0.3 is 14.2 Å².